The van der Waals surface area contributed by atoms with Gasteiger partial charge in [-0.25, -0.2) is 8.42 Å². The molecule has 0 saturated carbocycles. The van der Waals surface area contributed by atoms with Gasteiger partial charge in [-0.05, 0) is 28.6 Å². The van der Waals surface area contributed by atoms with Crippen molar-refractivity contribution in [3.63, 3.8) is 0 Å². The van der Waals surface area contributed by atoms with Gasteiger partial charge in [-0.1, -0.05) is 18.2 Å². The molecule has 0 saturated heterocycles. The fourth-order valence-electron chi connectivity index (χ4n) is 2.72. The van der Waals surface area contributed by atoms with Crippen molar-refractivity contribution < 1.29 is 21.6 Å². The maximum absolute atomic E-state index is 12.5. The number of benzene rings is 1. The molecule has 0 amide bonds. The molecule has 124 valence electrons. The number of rotatable bonds is 4. The summed E-state index contributed by atoms with van der Waals surface area (Å²) in [6.45, 7) is 0.693. The molecule has 1 aromatic carbocycles. The van der Waals surface area contributed by atoms with Gasteiger partial charge in [0.2, 0.25) is 0 Å². The van der Waals surface area contributed by atoms with E-state index >= 15 is 0 Å². The molecule has 2 aromatic rings. The van der Waals surface area contributed by atoms with Crippen LogP contribution in [0.15, 0.2) is 40.6 Å². The highest BCUT2D eigenvalue weighted by atomic mass is 32.2. The lowest BCUT2D eigenvalue weighted by Gasteiger charge is -2.10. The first-order valence-corrected chi connectivity index (χ1v) is 9.47. The molecule has 1 aliphatic rings. The van der Waals surface area contributed by atoms with Gasteiger partial charge in [0, 0.05) is 19.0 Å². The highest BCUT2D eigenvalue weighted by Crippen LogP contribution is 2.35. The van der Waals surface area contributed by atoms with Gasteiger partial charge >= 0.3 is 6.18 Å². The van der Waals surface area contributed by atoms with Crippen LogP contribution in [0.25, 0.3) is 0 Å². The summed E-state index contributed by atoms with van der Waals surface area (Å²) in [6, 6.07) is 7.99. The molecule has 0 aliphatic carbocycles. The Bertz CT molecular complexity index is 812. The summed E-state index contributed by atoms with van der Waals surface area (Å²) in [4.78, 5) is -0.259. The quantitative estimate of drug-likeness (QED) is 0.908. The second kappa shape index (κ2) is 5.92. The minimum atomic E-state index is -4.32. The molecule has 0 spiro atoms. The normalized spacial score (nSPS) is 19.7. The van der Waals surface area contributed by atoms with Crippen LogP contribution in [-0.2, 0) is 22.6 Å². The standard InChI is InChI=1S/C15H14F3NO2S2/c16-15(17,18)14-5-10(8-22-14)6-19-7-11-9-23(20,21)13-4-2-1-3-12(11)13/h1-5,8,11,19H,6-7,9H2. The van der Waals surface area contributed by atoms with Crippen molar-refractivity contribution >= 4 is 21.2 Å². The van der Waals surface area contributed by atoms with Gasteiger partial charge in [-0.15, -0.1) is 11.3 Å². The number of sulfone groups is 1. The van der Waals surface area contributed by atoms with E-state index in [9.17, 15) is 21.6 Å². The number of fused-ring (bicyclic) bond motifs is 1. The van der Waals surface area contributed by atoms with Gasteiger partial charge in [-0.2, -0.15) is 13.2 Å². The minimum Gasteiger partial charge on any atom is -0.312 e. The average Bonchev–Trinajstić information content (AvgIpc) is 3.03. The van der Waals surface area contributed by atoms with E-state index in [-0.39, 0.29) is 18.2 Å². The SMILES string of the molecule is O=S1(=O)CC(CNCc2csc(C(F)(F)F)c2)c2ccccc21. The largest absolute Gasteiger partial charge is 0.425 e. The minimum absolute atomic E-state index is 0.0385. The van der Waals surface area contributed by atoms with Crippen LogP contribution < -0.4 is 5.32 Å². The summed E-state index contributed by atoms with van der Waals surface area (Å²) in [6.07, 6.45) is -4.32. The molecule has 1 atom stereocenters. The van der Waals surface area contributed by atoms with Crippen molar-refractivity contribution in [2.24, 2.45) is 0 Å². The van der Waals surface area contributed by atoms with Gasteiger partial charge in [0.05, 0.1) is 10.6 Å². The van der Waals surface area contributed by atoms with E-state index in [1.165, 1.54) is 5.38 Å². The van der Waals surface area contributed by atoms with E-state index in [0.29, 0.717) is 28.3 Å². The second-order valence-corrected chi connectivity index (χ2v) is 8.38. The van der Waals surface area contributed by atoms with Crippen LogP contribution in [-0.4, -0.2) is 20.7 Å². The Labute approximate surface area is 136 Å². The number of hydrogen-bond acceptors (Lipinski definition) is 4. The van der Waals surface area contributed by atoms with Crippen molar-refractivity contribution in [1.29, 1.82) is 0 Å². The lowest BCUT2D eigenvalue weighted by molar-refractivity contribution is -0.134. The fourth-order valence-corrected chi connectivity index (χ4v) is 5.39. The molecule has 2 heterocycles. The van der Waals surface area contributed by atoms with Crippen molar-refractivity contribution in [1.82, 2.24) is 5.32 Å². The zero-order chi connectivity index (χ0) is 16.7. The monoisotopic (exact) mass is 361 g/mol. The Balaban J connectivity index is 1.63. The summed E-state index contributed by atoms with van der Waals surface area (Å²) >= 11 is 0.667. The lowest BCUT2D eigenvalue weighted by atomic mass is 10.0. The Morgan fingerprint density at radius 1 is 1.26 bits per heavy atom. The van der Waals surface area contributed by atoms with Crippen molar-refractivity contribution in [2.75, 3.05) is 12.3 Å². The van der Waals surface area contributed by atoms with Gasteiger partial charge in [-0.3, -0.25) is 0 Å². The molecular formula is C15H14F3NO2S2. The van der Waals surface area contributed by atoms with Crippen LogP contribution in [0, 0.1) is 0 Å². The average molecular weight is 361 g/mol. The predicted octanol–water partition coefficient (Wildman–Crippen LogP) is 3.43. The molecule has 3 nitrogen and oxygen atoms in total. The molecule has 1 aliphatic heterocycles. The number of hydrogen-bond donors (Lipinski definition) is 1. The van der Waals surface area contributed by atoms with Crippen LogP contribution in [0.1, 0.15) is 21.9 Å². The number of halogens is 3. The van der Waals surface area contributed by atoms with Gasteiger partial charge in [0.15, 0.2) is 9.84 Å². The van der Waals surface area contributed by atoms with Gasteiger partial charge in [0.1, 0.15) is 4.88 Å². The molecule has 0 bridgehead atoms. The molecule has 1 N–H and O–H groups in total. The van der Waals surface area contributed by atoms with E-state index in [1.54, 1.807) is 24.3 Å². The Morgan fingerprint density at radius 2 is 2.00 bits per heavy atom. The molecule has 0 radical (unpaired) electrons. The Kier molecular flexibility index (Phi) is 4.24. The van der Waals surface area contributed by atoms with Gasteiger partial charge < -0.3 is 5.32 Å². The Morgan fingerprint density at radius 3 is 2.70 bits per heavy atom. The van der Waals surface area contributed by atoms with E-state index in [4.69, 9.17) is 0 Å². The van der Waals surface area contributed by atoms with Gasteiger partial charge in [0.25, 0.3) is 0 Å². The van der Waals surface area contributed by atoms with Crippen molar-refractivity contribution in [3.05, 3.63) is 51.7 Å². The summed E-state index contributed by atoms with van der Waals surface area (Å²) < 4.78 is 61.7. The first-order chi connectivity index (χ1) is 10.8. The topological polar surface area (TPSA) is 46.2 Å². The summed E-state index contributed by atoms with van der Waals surface area (Å²) in [5.74, 6) is -0.131. The smallest absolute Gasteiger partial charge is 0.312 e. The highest BCUT2D eigenvalue weighted by molar-refractivity contribution is 7.91. The van der Waals surface area contributed by atoms with Crippen molar-refractivity contribution in [3.8, 4) is 0 Å². The van der Waals surface area contributed by atoms with E-state index < -0.39 is 20.9 Å². The zero-order valence-electron chi connectivity index (χ0n) is 11.9. The predicted molar refractivity (Wildman–Crippen MR) is 82.3 cm³/mol. The maximum atomic E-state index is 12.5. The Hall–Kier alpha value is -1.38. The highest BCUT2D eigenvalue weighted by Gasteiger charge is 2.34. The lowest BCUT2D eigenvalue weighted by Crippen LogP contribution is -2.22. The van der Waals surface area contributed by atoms with Crippen LogP contribution in [0.4, 0.5) is 13.2 Å². The molecular weight excluding hydrogens is 347 g/mol. The number of alkyl halides is 3. The number of thiophene rings is 1. The summed E-state index contributed by atoms with van der Waals surface area (Å²) in [5, 5.41) is 4.53. The number of nitrogens with one attached hydrogen (secondary N) is 1. The third-order valence-corrected chi connectivity index (χ3v) is 6.67. The fraction of sp³-hybridized carbons (Fsp3) is 0.333. The molecule has 1 aromatic heterocycles. The van der Waals surface area contributed by atoms with E-state index in [1.807, 2.05) is 0 Å². The molecule has 23 heavy (non-hydrogen) atoms. The van der Waals surface area contributed by atoms with Crippen LogP contribution in [0.5, 0.6) is 0 Å². The first kappa shape index (κ1) is 16.5. The van der Waals surface area contributed by atoms with Crippen LogP contribution in [0.2, 0.25) is 0 Å². The van der Waals surface area contributed by atoms with Crippen molar-refractivity contribution in [2.45, 2.75) is 23.5 Å². The maximum Gasteiger partial charge on any atom is 0.425 e. The molecule has 1 unspecified atom stereocenters. The molecule has 0 fully saturated rings. The molecule has 3 rings (SSSR count). The third-order valence-electron chi connectivity index (χ3n) is 3.77. The zero-order valence-corrected chi connectivity index (χ0v) is 13.6. The van der Waals surface area contributed by atoms with E-state index in [0.717, 1.165) is 11.6 Å². The summed E-state index contributed by atoms with van der Waals surface area (Å²) in [7, 11) is -3.25. The molecule has 8 heteroatoms. The van der Waals surface area contributed by atoms with Crippen LogP contribution in [0.3, 0.4) is 0 Å². The third kappa shape index (κ3) is 3.44. The summed E-state index contributed by atoms with van der Waals surface area (Å²) in [5.41, 5.74) is 1.33. The van der Waals surface area contributed by atoms with Crippen LogP contribution >= 0.6 is 11.3 Å². The first-order valence-electron chi connectivity index (χ1n) is 6.94. The second-order valence-electron chi connectivity index (χ2n) is 5.46. The van der Waals surface area contributed by atoms with E-state index in [2.05, 4.69) is 5.32 Å².